The molecule has 2 fully saturated rings. The van der Waals surface area contributed by atoms with E-state index in [4.69, 9.17) is 4.99 Å². The van der Waals surface area contributed by atoms with E-state index in [-0.39, 0.29) is 41.9 Å². The SMILES string of the molecule is CCNC(=NCc1ccc(N2CCNC(=O)C2)cc1)NCC1(CCO)CCCCC1.I. The number of aliphatic imine (C=N–C) groups is 1. The van der Waals surface area contributed by atoms with Gasteiger partial charge >= 0.3 is 0 Å². The number of carbonyl (C=O) groups excluding carboxylic acids is 1. The second-order valence-electron chi connectivity index (χ2n) is 8.52. The molecule has 0 unspecified atom stereocenters. The maximum Gasteiger partial charge on any atom is 0.239 e. The lowest BCUT2D eigenvalue weighted by atomic mass is 9.72. The summed E-state index contributed by atoms with van der Waals surface area (Å²) in [5, 5.41) is 19.3. The Balaban J connectivity index is 0.00000341. The molecule has 2 aliphatic rings. The minimum Gasteiger partial charge on any atom is -0.396 e. The van der Waals surface area contributed by atoms with Crippen molar-refractivity contribution in [1.29, 1.82) is 0 Å². The van der Waals surface area contributed by atoms with E-state index in [1.165, 1.54) is 32.1 Å². The van der Waals surface area contributed by atoms with Crippen LogP contribution in [-0.4, -0.2) is 56.3 Å². The van der Waals surface area contributed by atoms with Crippen LogP contribution in [0, 0.1) is 5.41 Å². The molecule has 4 N–H and O–H groups in total. The first kappa shape index (κ1) is 25.7. The van der Waals surface area contributed by atoms with E-state index in [0.717, 1.165) is 43.3 Å². The second kappa shape index (κ2) is 13.1. The van der Waals surface area contributed by atoms with Gasteiger partial charge in [-0.25, -0.2) is 4.99 Å². The molecular formula is C23H38IN5O2. The van der Waals surface area contributed by atoms with Crippen LogP contribution >= 0.6 is 24.0 Å². The summed E-state index contributed by atoms with van der Waals surface area (Å²) in [4.78, 5) is 18.5. The van der Waals surface area contributed by atoms with E-state index in [9.17, 15) is 9.90 Å². The minimum atomic E-state index is 0. The highest BCUT2D eigenvalue weighted by atomic mass is 127. The molecule has 8 heteroatoms. The fourth-order valence-electron chi connectivity index (χ4n) is 4.51. The third-order valence-electron chi connectivity index (χ3n) is 6.29. The van der Waals surface area contributed by atoms with E-state index < -0.39 is 0 Å². The number of benzene rings is 1. The normalized spacial score (nSPS) is 18.7. The van der Waals surface area contributed by atoms with E-state index in [1.807, 2.05) is 0 Å². The molecule has 1 aromatic carbocycles. The first-order chi connectivity index (χ1) is 14.6. The van der Waals surface area contributed by atoms with Gasteiger partial charge < -0.3 is 26.0 Å². The molecule has 1 aliphatic heterocycles. The average molecular weight is 543 g/mol. The van der Waals surface area contributed by atoms with Crippen molar-refractivity contribution in [3.63, 3.8) is 0 Å². The predicted molar refractivity (Wildman–Crippen MR) is 137 cm³/mol. The van der Waals surface area contributed by atoms with Gasteiger partial charge in [-0.05, 0) is 49.3 Å². The van der Waals surface area contributed by atoms with Crippen molar-refractivity contribution >= 4 is 41.5 Å². The number of guanidine groups is 1. The molecule has 0 aromatic heterocycles. The van der Waals surface area contributed by atoms with Crippen molar-refractivity contribution in [2.75, 3.05) is 44.2 Å². The largest absolute Gasteiger partial charge is 0.396 e. The molecule has 0 bridgehead atoms. The molecule has 1 saturated heterocycles. The zero-order valence-electron chi connectivity index (χ0n) is 18.7. The van der Waals surface area contributed by atoms with Gasteiger partial charge in [0.2, 0.25) is 5.91 Å². The summed E-state index contributed by atoms with van der Waals surface area (Å²) in [6.07, 6.45) is 7.02. The third-order valence-corrected chi connectivity index (χ3v) is 6.29. The molecule has 0 spiro atoms. The molecule has 1 aromatic rings. The zero-order chi connectivity index (χ0) is 21.2. The molecule has 1 aliphatic carbocycles. The third kappa shape index (κ3) is 7.82. The van der Waals surface area contributed by atoms with Crippen molar-refractivity contribution < 1.29 is 9.90 Å². The van der Waals surface area contributed by atoms with E-state index in [0.29, 0.717) is 19.6 Å². The Labute approximate surface area is 203 Å². The first-order valence-corrected chi connectivity index (χ1v) is 11.4. The van der Waals surface area contributed by atoms with Crippen molar-refractivity contribution in [1.82, 2.24) is 16.0 Å². The van der Waals surface area contributed by atoms with E-state index in [1.54, 1.807) is 0 Å². The van der Waals surface area contributed by atoms with Crippen molar-refractivity contribution in [2.45, 2.75) is 52.0 Å². The molecule has 31 heavy (non-hydrogen) atoms. The minimum absolute atomic E-state index is 0. The topological polar surface area (TPSA) is 89.0 Å². The first-order valence-electron chi connectivity index (χ1n) is 11.4. The number of amides is 1. The monoisotopic (exact) mass is 543 g/mol. The summed E-state index contributed by atoms with van der Waals surface area (Å²) in [6, 6.07) is 8.32. The van der Waals surface area contributed by atoms with Gasteiger partial charge in [0.15, 0.2) is 5.96 Å². The summed E-state index contributed by atoms with van der Waals surface area (Å²) >= 11 is 0. The molecular weight excluding hydrogens is 505 g/mol. The summed E-state index contributed by atoms with van der Waals surface area (Å²) < 4.78 is 0. The highest BCUT2D eigenvalue weighted by molar-refractivity contribution is 14.0. The Morgan fingerprint density at radius 1 is 1.19 bits per heavy atom. The van der Waals surface area contributed by atoms with Gasteiger partial charge in [-0.2, -0.15) is 0 Å². The lowest BCUT2D eigenvalue weighted by molar-refractivity contribution is -0.120. The smallest absolute Gasteiger partial charge is 0.239 e. The number of nitrogens with zero attached hydrogens (tertiary/aromatic N) is 2. The number of halogens is 1. The van der Waals surface area contributed by atoms with Crippen LogP contribution < -0.4 is 20.9 Å². The number of anilines is 1. The Bertz CT molecular complexity index is 699. The van der Waals surface area contributed by atoms with Gasteiger partial charge in [0, 0.05) is 38.5 Å². The molecule has 7 nitrogen and oxygen atoms in total. The second-order valence-corrected chi connectivity index (χ2v) is 8.52. The standard InChI is InChI=1S/C23H37N5O2.HI/c1-2-24-22(27-18-23(12-15-29)10-4-3-5-11-23)26-16-19-6-8-20(9-7-19)28-14-13-25-21(30)17-28;/h6-9,29H,2-5,10-18H2,1H3,(H,25,30)(H2,24,26,27);1H. The molecule has 0 atom stereocenters. The number of hydrogen-bond acceptors (Lipinski definition) is 4. The van der Waals surface area contributed by atoms with E-state index >= 15 is 0 Å². The molecule has 1 amide bonds. The van der Waals surface area contributed by atoms with Gasteiger partial charge in [-0.3, -0.25) is 4.79 Å². The van der Waals surface area contributed by atoms with Gasteiger partial charge in [-0.15, -0.1) is 24.0 Å². The van der Waals surface area contributed by atoms with Crippen LogP contribution in [-0.2, 0) is 11.3 Å². The summed E-state index contributed by atoms with van der Waals surface area (Å²) in [5.74, 6) is 0.908. The average Bonchev–Trinajstić information content (AvgIpc) is 2.77. The summed E-state index contributed by atoms with van der Waals surface area (Å²) in [7, 11) is 0. The van der Waals surface area contributed by atoms with Gasteiger partial charge in [0.05, 0.1) is 13.1 Å². The highest BCUT2D eigenvalue weighted by Crippen LogP contribution is 2.38. The number of carbonyl (C=O) groups is 1. The predicted octanol–water partition coefficient (Wildman–Crippen LogP) is 2.63. The van der Waals surface area contributed by atoms with Crippen LogP contribution in [0.1, 0.15) is 51.0 Å². The van der Waals surface area contributed by atoms with Crippen molar-refractivity contribution in [3.05, 3.63) is 29.8 Å². The maximum absolute atomic E-state index is 11.6. The quantitative estimate of drug-likeness (QED) is 0.230. The fourth-order valence-corrected chi connectivity index (χ4v) is 4.51. The van der Waals surface area contributed by atoms with E-state index in [2.05, 4.69) is 52.0 Å². The van der Waals surface area contributed by atoms with Gasteiger partial charge in [-0.1, -0.05) is 31.4 Å². The van der Waals surface area contributed by atoms with Crippen LogP contribution in [0.5, 0.6) is 0 Å². The van der Waals surface area contributed by atoms with Gasteiger partial charge in [0.25, 0.3) is 0 Å². The van der Waals surface area contributed by atoms with Crippen molar-refractivity contribution in [3.8, 4) is 0 Å². The van der Waals surface area contributed by atoms with Gasteiger partial charge in [0.1, 0.15) is 0 Å². The number of aliphatic hydroxyl groups excluding tert-OH is 1. The molecule has 1 saturated carbocycles. The number of hydrogen-bond donors (Lipinski definition) is 4. The highest BCUT2D eigenvalue weighted by Gasteiger charge is 2.31. The Kier molecular flexibility index (Phi) is 10.9. The summed E-state index contributed by atoms with van der Waals surface area (Å²) in [5.41, 5.74) is 2.40. The Morgan fingerprint density at radius 2 is 1.94 bits per heavy atom. The molecule has 3 rings (SSSR count). The van der Waals surface area contributed by atoms with Crippen LogP contribution in [0.3, 0.4) is 0 Å². The Hall–Kier alpha value is -1.55. The lowest BCUT2D eigenvalue weighted by Gasteiger charge is -2.37. The van der Waals surface area contributed by atoms with Crippen LogP contribution in [0.25, 0.3) is 0 Å². The maximum atomic E-state index is 11.6. The molecule has 0 radical (unpaired) electrons. The van der Waals surface area contributed by atoms with Crippen LogP contribution in [0.4, 0.5) is 5.69 Å². The number of aliphatic hydroxyl groups is 1. The molecule has 174 valence electrons. The molecule has 1 heterocycles. The number of rotatable bonds is 8. The number of piperazine rings is 1. The Morgan fingerprint density at radius 3 is 2.58 bits per heavy atom. The zero-order valence-corrected chi connectivity index (χ0v) is 21.0. The summed E-state index contributed by atoms with van der Waals surface area (Å²) in [6.45, 7) is 6.55. The van der Waals surface area contributed by atoms with Crippen LogP contribution in [0.2, 0.25) is 0 Å². The van der Waals surface area contributed by atoms with Crippen LogP contribution in [0.15, 0.2) is 29.3 Å². The van der Waals surface area contributed by atoms with Crippen molar-refractivity contribution in [2.24, 2.45) is 10.4 Å². The lowest BCUT2D eigenvalue weighted by Crippen LogP contribution is -2.47. The fraction of sp³-hybridized carbons (Fsp3) is 0.652. The number of nitrogens with one attached hydrogen (secondary N) is 3.